The fraction of sp³-hybridized carbons (Fsp3) is 0.167. The second kappa shape index (κ2) is 9.00. The predicted octanol–water partition coefficient (Wildman–Crippen LogP) is 4.73. The molecule has 0 bridgehead atoms. The summed E-state index contributed by atoms with van der Waals surface area (Å²) < 4.78 is 0. The van der Waals surface area contributed by atoms with Crippen LogP contribution < -0.4 is 10.6 Å². The van der Waals surface area contributed by atoms with Crippen LogP contribution in [0.5, 0.6) is 0 Å². The maximum atomic E-state index is 12.4. The van der Waals surface area contributed by atoms with Crippen molar-refractivity contribution in [2.75, 3.05) is 5.32 Å². The molecule has 0 fully saturated rings. The van der Waals surface area contributed by atoms with Crippen molar-refractivity contribution in [3.05, 3.63) is 90.0 Å². The third-order valence-electron chi connectivity index (χ3n) is 4.53. The predicted molar refractivity (Wildman–Crippen MR) is 113 cm³/mol. The van der Waals surface area contributed by atoms with Crippen LogP contribution in [0.25, 0.3) is 11.1 Å². The zero-order valence-corrected chi connectivity index (χ0v) is 16.1. The number of hydrogen-bond donors (Lipinski definition) is 2. The van der Waals surface area contributed by atoms with Gasteiger partial charge >= 0.3 is 0 Å². The molecule has 0 heterocycles. The van der Waals surface area contributed by atoms with Crippen LogP contribution in [0.1, 0.15) is 31.0 Å². The van der Waals surface area contributed by atoms with Gasteiger partial charge in [-0.05, 0) is 41.3 Å². The maximum Gasteiger partial charge on any atom is 0.224 e. The molecule has 142 valence electrons. The van der Waals surface area contributed by atoms with Crippen LogP contribution in [-0.2, 0) is 16.0 Å². The Hall–Kier alpha value is -3.40. The lowest BCUT2D eigenvalue weighted by Gasteiger charge is -2.15. The molecule has 0 aliphatic heterocycles. The molecule has 0 aromatic heterocycles. The van der Waals surface area contributed by atoms with Crippen molar-refractivity contribution >= 4 is 17.5 Å². The molecule has 1 unspecified atom stereocenters. The first-order chi connectivity index (χ1) is 13.5. The molecule has 0 aliphatic rings. The Morgan fingerprint density at radius 3 is 2.04 bits per heavy atom. The molecule has 4 heteroatoms. The Balaban J connectivity index is 1.57. The van der Waals surface area contributed by atoms with E-state index in [0.717, 1.165) is 22.4 Å². The normalized spacial score (nSPS) is 11.5. The van der Waals surface area contributed by atoms with Gasteiger partial charge in [0.05, 0.1) is 12.5 Å². The van der Waals surface area contributed by atoms with Gasteiger partial charge in [0, 0.05) is 12.6 Å². The van der Waals surface area contributed by atoms with Crippen LogP contribution in [0.4, 0.5) is 5.69 Å². The largest absolute Gasteiger partial charge is 0.349 e. The fourth-order valence-electron chi connectivity index (χ4n) is 3.07. The molecule has 0 spiro atoms. The summed E-state index contributed by atoms with van der Waals surface area (Å²) in [5.74, 6) is -0.149. The zero-order valence-electron chi connectivity index (χ0n) is 16.1. The van der Waals surface area contributed by atoms with E-state index in [2.05, 4.69) is 47.0 Å². The number of carbonyl (C=O) groups is 2. The second-order valence-corrected chi connectivity index (χ2v) is 6.83. The van der Waals surface area contributed by atoms with Crippen molar-refractivity contribution in [3.8, 4) is 11.1 Å². The summed E-state index contributed by atoms with van der Waals surface area (Å²) >= 11 is 0. The Morgan fingerprint density at radius 1 is 0.821 bits per heavy atom. The number of rotatable bonds is 6. The smallest absolute Gasteiger partial charge is 0.224 e. The standard InChI is InChI=1S/C24H24N2O2/c1-17(20-10-12-22(13-11-20)21-6-4-3-5-7-21)25-24(28)16-19-8-14-23(15-9-19)26-18(2)27/h3-15,17H,16H2,1-2H3,(H,25,28)(H,26,27). The molecule has 0 radical (unpaired) electrons. The van der Waals surface area contributed by atoms with Crippen LogP contribution in [-0.4, -0.2) is 11.8 Å². The lowest BCUT2D eigenvalue weighted by Crippen LogP contribution is -2.28. The maximum absolute atomic E-state index is 12.4. The van der Waals surface area contributed by atoms with E-state index in [1.165, 1.54) is 12.5 Å². The van der Waals surface area contributed by atoms with Gasteiger partial charge in [0.25, 0.3) is 0 Å². The first-order valence-corrected chi connectivity index (χ1v) is 9.32. The Morgan fingerprint density at radius 2 is 1.43 bits per heavy atom. The SMILES string of the molecule is CC(=O)Nc1ccc(CC(=O)NC(C)c2ccc(-c3ccccc3)cc2)cc1. The number of hydrogen-bond acceptors (Lipinski definition) is 2. The van der Waals surface area contributed by atoms with Crippen molar-refractivity contribution in [2.45, 2.75) is 26.3 Å². The van der Waals surface area contributed by atoms with Crippen LogP contribution in [0.2, 0.25) is 0 Å². The average Bonchev–Trinajstić information content (AvgIpc) is 2.70. The first-order valence-electron chi connectivity index (χ1n) is 9.32. The molecule has 0 aliphatic carbocycles. The topological polar surface area (TPSA) is 58.2 Å². The number of carbonyl (C=O) groups excluding carboxylic acids is 2. The summed E-state index contributed by atoms with van der Waals surface area (Å²) in [6, 6.07) is 25.7. The molecule has 3 rings (SSSR count). The molecule has 0 saturated carbocycles. The van der Waals surface area contributed by atoms with Crippen LogP contribution in [0.3, 0.4) is 0 Å². The molecule has 3 aromatic carbocycles. The molecule has 1 atom stereocenters. The molecule has 28 heavy (non-hydrogen) atoms. The minimum absolute atomic E-state index is 0.0353. The minimum Gasteiger partial charge on any atom is -0.349 e. The second-order valence-electron chi connectivity index (χ2n) is 6.83. The summed E-state index contributed by atoms with van der Waals surface area (Å²) in [6.45, 7) is 3.45. The van der Waals surface area contributed by atoms with Gasteiger partial charge in [-0.15, -0.1) is 0 Å². The van der Waals surface area contributed by atoms with E-state index in [9.17, 15) is 9.59 Å². The van der Waals surface area contributed by atoms with Crippen LogP contribution >= 0.6 is 0 Å². The highest BCUT2D eigenvalue weighted by atomic mass is 16.2. The number of amides is 2. The van der Waals surface area contributed by atoms with Crippen LogP contribution in [0, 0.1) is 0 Å². The van der Waals surface area contributed by atoms with E-state index in [1.54, 1.807) is 12.1 Å². The van der Waals surface area contributed by atoms with E-state index >= 15 is 0 Å². The molecule has 4 nitrogen and oxygen atoms in total. The summed E-state index contributed by atoms with van der Waals surface area (Å²) in [5.41, 5.74) is 5.02. The highest BCUT2D eigenvalue weighted by Crippen LogP contribution is 2.22. The van der Waals surface area contributed by atoms with E-state index in [-0.39, 0.29) is 17.9 Å². The third kappa shape index (κ3) is 5.30. The number of benzene rings is 3. The number of nitrogens with one attached hydrogen (secondary N) is 2. The Labute approximate surface area is 165 Å². The molecule has 2 amide bonds. The van der Waals surface area contributed by atoms with Crippen molar-refractivity contribution < 1.29 is 9.59 Å². The minimum atomic E-state index is -0.113. The van der Waals surface area contributed by atoms with E-state index in [0.29, 0.717) is 6.42 Å². The molecular weight excluding hydrogens is 348 g/mol. The summed E-state index contributed by atoms with van der Waals surface area (Å²) in [6.07, 6.45) is 0.298. The average molecular weight is 372 g/mol. The molecule has 3 aromatic rings. The zero-order chi connectivity index (χ0) is 19.9. The quantitative estimate of drug-likeness (QED) is 0.657. The highest BCUT2D eigenvalue weighted by molar-refractivity contribution is 5.88. The van der Waals surface area contributed by atoms with Crippen molar-refractivity contribution in [1.29, 1.82) is 0 Å². The molecule has 0 saturated heterocycles. The van der Waals surface area contributed by atoms with Gasteiger partial charge in [0.15, 0.2) is 0 Å². The van der Waals surface area contributed by atoms with Gasteiger partial charge in [-0.3, -0.25) is 9.59 Å². The lowest BCUT2D eigenvalue weighted by atomic mass is 10.0. The lowest BCUT2D eigenvalue weighted by molar-refractivity contribution is -0.121. The van der Waals surface area contributed by atoms with Crippen LogP contribution in [0.15, 0.2) is 78.9 Å². The van der Waals surface area contributed by atoms with Crippen molar-refractivity contribution in [2.24, 2.45) is 0 Å². The number of anilines is 1. The molecule has 2 N–H and O–H groups in total. The Bertz CT molecular complexity index is 933. The first kappa shape index (κ1) is 19.4. The highest BCUT2D eigenvalue weighted by Gasteiger charge is 2.10. The monoisotopic (exact) mass is 372 g/mol. The van der Waals surface area contributed by atoms with Crippen molar-refractivity contribution in [3.63, 3.8) is 0 Å². The van der Waals surface area contributed by atoms with Gasteiger partial charge in [-0.2, -0.15) is 0 Å². The van der Waals surface area contributed by atoms with Crippen molar-refractivity contribution in [1.82, 2.24) is 5.32 Å². The Kier molecular flexibility index (Phi) is 6.22. The summed E-state index contributed by atoms with van der Waals surface area (Å²) in [5, 5.41) is 5.76. The van der Waals surface area contributed by atoms with Gasteiger partial charge < -0.3 is 10.6 Å². The van der Waals surface area contributed by atoms with Gasteiger partial charge in [0.1, 0.15) is 0 Å². The summed E-state index contributed by atoms with van der Waals surface area (Å²) in [7, 11) is 0. The van der Waals surface area contributed by atoms with E-state index in [4.69, 9.17) is 0 Å². The molecular formula is C24H24N2O2. The third-order valence-corrected chi connectivity index (χ3v) is 4.53. The van der Waals surface area contributed by atoms with E-state index < -0.39 is 0 Å². The van der Waals surface area contributed by atoms with Gasteiger partial charge in [-0.25, -0.2) is 0 Å². The fourth-order valence-corrected chi connectivity index (χ4v) is 3.07. The summed E-state index contributed by atoms with van der Waals surface area (Å²) in [4.78, 5) is 23.4. The van der Waals surface area contributed by atoms with Gasteiger partial charge in [0.2, 0.25) is 11.8 Å². The van der Waals surface area contributed by atoms with E-state index in [1.807, 2.05) is 37.3 Å². The van der Waals surface area contributed by atoms with Gasteiger partial charge in [-0.1, -0.05) is 66.7 Å².